The maximum atomic E-state index is 13.3. The molecule has 2 N–H and O–H groups in total. The maximum Gasteiger partial charge on any atom is 0.226 e. The van der Waals surface area contributed by atoms with Crippen molar-refractivity contribution >= 4 is 72.0 Å². The van der Waals surface area contributed by atoms with Gasteiger partial charge in [0.05, 0.1) is 11.8 Å². The first-order valence-electron chi connectivity index (χ1n) is 18.2. The van der Waals surface area contributed by atoms with Crippen LogP contribution in [0.4, 0.5) is 11.4 Å². The molecule has 264 valence electrons. The highest BCUT2D eigenvalue weighted by Crippen LogP contribution is 2.64. The summed E-state index contributed by atoms with van der Waals surface area (Å²) in [6.07, 6.45) is 15.6. The van der Waals surface area contributed by atoms with E-state index >= 15 is 0 Å². The summed E-state index contributed by atoms with van der Waals surface area (Å²) in [5.74, 6) is 0.0343. The zero-order valence-electron chi connectivity index (χ0n) is 30.2. The molecule has 0 radical (unpaired) electrons. The minimum Gasteiger partial charge on any atom is -0.354 e. The number of nitrogens with zero attached hydrogens (tertiary/aromatic N) is 2. The number of allylic oxidation sites excluding steroid dienone is 8. The van der Waals surface area contributed by atoms with Gasteiger partial charge in [-0.1, -0.05) is 120 Å². The van der Waals surface area contributed by atoms with E-state index in [4.69, 9.17) is 0 Å². The minimum absolute atomic E-state index is 0.0171. The molecule has 8 rings (SSSR count). The van der Waals surface area contributed by atoms with Crippen LogP contribution < -0.4 is 15.5 Å². The zero-order chi connectivity index (χ0) is 36.1. The Labute approximate surface area is 314 Å². The first-order valence-corrected chi connectivity index (χ1v) is 20.3. The van der Waals surface area contributed by atoms with Gasteiger partial charge in [0, 0.05) is 60.6 Å². The van der Waals surface area contributed by atoms with Crippen LogP contribution in [0.15, 0.2) is 121 Å². The molecule has 0 aromatic heterocycles. The molecule has 4 aromatic rings. The number of anilines is 1. The van der Waals surface area contributed by atoms with E-state index in [2.05, 4.69) is 163 Å². The predicted octanol–water partition coefficient (Wildman–Crippen LogP) is 8.84. The molecule has 52 heavy (non-hydrogen) atoms. The second-order valence-corrected chi connectivity index (χ2v) is 18.3. The Bertz CT molecular complexity index is 2270. The fourth-order valence-electron chi connectivity index (χ4n) is 8.35. The van der Waals surface area contributed by atoms with Gasteiger partial charge in [-0.05, 0) is 59.2 Å². The number of rotatable bonds is 0. The van der Waals surface area contributed by atoms with E-state index in [1.54, 1.807) is 21.6 Å². The molecule has 0 saturated carbocycles. The Kier molecular flexibility index (Phi) is 8.95. The van der Waals surface area contributed by atoms with Crippen LogP contribution in [0.2, 0.25) is 0 Å². The standard InChI is InChI=1S/C44H44N4O2S2/c1-42(2)36-18-8-6-5-7-9-19-37-43(3,4)41-33-17-13-11-15-31(33)21-23-35(41)48(37)27-25-39(50)46-29-44(51-52-44)28-45-38(49)24-26-47(36)34-22-20-30-14-10-12-16-32(30)40(34)42/h5-23H,24-29H2,1-4H3,(H-,45,46,49,50)/p+1. The molecule has 4 aliphatic heterocycles. The molecule has 4 aromatic carbocycles. The Hall–Kier alpha value is -4.53. The largest absolute Gasteiger partial charge is 0.354 e. The highest BCUT2D eigenvalue weighted by Gasteiger charge is 2.48. The number of hydrogen-bond donors (Lipinski definition) is 2. The first-order chi connectivity index (χ1) is 25.1. The van der Waals surface area contributed by atoms with Crippen LogP contribution in [-0.2, 0) is 20.4 Å². The molecule has 2 amide bonds. The zero-order valence-corrected chi connectivity index (χ0v) is 31.9. The van der Waals surface area contributed by atoms with Crippen molar-refractivity contribution in [3.63, 3.8) is 0 Å². The van der Waals surface area contributed by atoms with Crippen LogP contribution >= 0.6 is 21.6 Å². The van der Waals surface area contributed by atoms with Crippen LogP contribution in [0.25, 0.3) is 21.5 Å². The number of benzene rings is 4. The third-order valence-corrected chi connectivity index (χ3v) is 14.1. The van der Waals surface area contributed by atoms with Crippen molar-refractivity contribution < 1.29 is 14.2 Å². The summed E-state index contributed by atoms with van der Waals surface area (Å²) in [6, 6.07) is 25.9. The number of amides is 2. The summed E-state index contributed by atoms with van der Waals surface area (Å²) < 4.78 is 2.10. The summed E-state index contributed by atoms with van der Waals surface area (Å²) >= 11 is 0. The van der Waals surface area contributed by atoms with Crippen molar-refractivity contribution in [2.45, 2.75) is 55.4 Å². The lowest BCUT2D eigenvalue weighted by Gasteiger charge is -2.27. The van der Waals surface area contributed by atoms with Crippen LogP contribution in [0.3, 0.4) is 0 Å². The van der Waals surface area contributed by atoms with Gasteiger partial charge in [-0.25, -0.2) is 0 Å². The molecular weight excluding hydrogens is 681 g/mol. The van der Waals surface area contributed by atoms with E-state index in [-0.39, 0.29) is 26.7 Å². The normalized spacial score (nSPS) is 23.3. The van der Waals surface area contributed by atoms with Crippen LogP contribution in [0.1, 0.15) is 51.7 Å². The number of fused-ring (bicyclic) bond motifs is 9. The molecule has 4 aliphatic rings. The Morgan fingerprint density at radius 3 is 2.00 bits per heavy atom. The average Bonchev–Trinajstić information content (AvgIpc) is 3.83. The highest BCUT2D eigenvalue weighted by molar-refractivity contribution is 8.93. The maximum absolute atomic E-state index is 13.3. The van der Waals surface area contributed by atoms with Crippen LogP contribution in [-0.4, -0.2) is 52.4 Å². The van der Waals surface area contributed by atoms with Crippen LogP contribution in [0.5, 0.6) is 0 Å². The van der Waals surface area contributed by atoms with Gasteiger partial charge >= 0.3 is 0 Å². The Morgan fingerprint density at radius 2 is 1.29 bits per heavy atom. The summed E-state index contributed by atoms with van der Waals surface area (Å²) in [4.78, 5) is 29.0. The third-order valence-electron chi connectivity index (χ3n) is 11.0. The van der Waals surface area contributed by atoms with Crippen molar-refractivity contribution in [2.75, 3.05) is 31.1 Å². The van der Waals surface area contributed by atoms with Crippen molar-refractivity contribution in [1.29, 1.82) is 0 Å². The van der Waals surface area contributed by atoms with Gasteiger partial charge in [0.15, 0.2) is 12.3 Å². The van der Waals surface area contributed by atoms with Gasteiger partial charge in [0.25, 0.3) is 0 Å². The number of nitrogens with one attached hydrogen (secondary N) is 2. The van der Waals surface area contributed by atoms with Gasteiger partial charge in [0.2, 0.25) is 17.5 Å². The van der Waals surface area contributed by atoms with Gasteiger partial charge in [-0.15, -0.1) is 0 Å². The van der Waals surface area contributed by atoms with E-state index in [0.29, 0.717) is 39.0 Å². The minimum atomic E-state index is -0.259. The van der Waals surface area contributed by atoms with Crippen molar-refractivity contribution in [1.82, 2.24) is 10.6 Å². The molecule has 4 heterocycles. The van der Waals surface area contributed by atoms with E-state index in [1.165, 1.54) is 44.1 Å². The van der Waals surface area contributed by atoms with E-state index in [9.17, 15) is 9.59 Å². The molecule has 1 saturated heterocycles. The first kappa shape index (κ1) is 34.6. The highest BCUT2D eigenvalue weighted by atomic mass is 33.2. The van der Waals surface area contributed by atoms with Crippen molar-refractivity contribution in [2.24, 2.45) is 0 Å². The molecule has 1 spiro atoms. The number of carbonyl (C=O) groups excluding carboxylic acids is 2. The third kappa shape index (κ3) is 6.20. The topological polar surface area (TPSA) is 64.5 Å². The second kappa shape index (κ2) is 13.5. The van der Waals surface area contributed by atoms with E-state index < -0.39 is 0 Å². The number of carbonyl (C=O) groups is 2. The molecule has 0 unspecified atom stereocenters. The summed E-state index contributed by atoms with van der Waals surface area (Å²) in [5, 5.41) is 11.3. The Morgan fingerprint density at radius 1 is 0.673 bits per heavy atom. The van der Waals surface area contributed by atoms with Gasteiger partial charge in [0.1, 0.15) is 4.08 Å². The lowest BCUT2D eigenvalue weighted by atomic mass is 9.79. The smallest absolute Gasteiger partial charge is 0.226 e. The van der Waals surface area contributed by atoms with E-state index in [0.717, 1.165) is 11.4 Å². The summed E-state index contributed by atoms with van der Waals surface area (Å²) in [7, 11) is 3.44. The fourth-order valence-corrected chi connectivity index (χ4v) is 10.1. The number of hydrogen-bond acceptors (Lipinski definition) is 5. The molecule has 0 bridgehead atoms. The molecular formula is C44H45N4O2S2+. The fraction of sp³-hybridized carbons (Fsp3) is 0.295. The molecule has 0 aliphatic carbocycles. The SMILES string of the molecule is CC1(C)C2=[N+](CCC(=O)NCC3(CNC(=O)CCN4/C(=C/C=C/C=C/C=C2)C(C)(C)c2c4ccc4ccccc24)SS3)c2ccc3ccccc3c21. The average molecular weight is 726 g/mol. The monoisotopic (exact) mass is 725 g/mol. The second-order valence-electron chi connectivity index (χ2n) is 15.1. The lowest BCUT2D eigenvalue weighted by molar-refractivity contribution is -0.436. The summed E-state index contributed by atoms with van der Waals surface area (Å²) in [5.41, 5.74) is 6.73. The molecule has 6 nitrogen and oxygen atoms in total. The lowest BCUT2D eigenvalue weighted by Crippen LogP contribution is -2.41. The van der Waals surface area contributed by atoms with Gasteiger partial charge < -0.3 is 15.5 Å². The molecule has 1 fully saturated rings. The quantitative estimate of drug-likeness (QED) is 0.108. The predicted molar refractivity (Wildman–Crippen MR) is 220 cm³/mol. The molecule has 0 atom stereocenters. The van der Waals surface area contributed by atoms with Gasteiger partial charge in [-0.3, -0.25) is 9.59 Å². The van der Waals surface area contributed by atoms with Gasteiger partial charge in [-0.2, -0.15) is 4.58 Å². The van der Waals surface area contributed by atoms with E-state index in [1.807, 2.05) is 0 Å². The Balaban J connectivity index is 1.15. The summed E-state index contributed by atoms with van der Waals surface area (Å²) in [6.45, 7) is 11.3. The van der Waals surface area contributed by atoms with Crippen molar-refractivity contribution in [3.8, 4) is 0 Å². The van der Waals surface area contributed by atoms with Crippen LogP contribution in [0, 0.1) is 0 Å². The molecule has 8 heteroatoms. The van der Waals surface area contributed by atoms with Crippen molar-refractivity contribution in [3.05, 3.63) is 132 Å².